The fourth-order valence-corrected chi connectivity index (χ4v) is 3.26. The Balaban J connectivity index is 1.66. The van der Waals surface area contributed by atoms with Crippen LogP contribution in [0.5, 0.6) is 17.2 Å². The summed E-state index contributed by atoms with van der Waals surface area (Å²) in [5.41, 5.74) is 0.0990. The van der Waals surface area contributed by atoms with Gasteiger partial charge in [0.15, 0.2) is 11.5 Å². The van der Waals surface area contributed by atoms with Gasteiger partial charge in [-0.1, -0.05) is 6.07 Å². The number of H-pyrrole nitrogens is 1. The van der Waals surface area contributed by atoms with Crippen molar-refractivity contribution in [3.05, 3.63) is 46.1 Å². The summed E-state index contributed by atoms with van der Waals surface area (Å²) in [4.78, 5) is 33.7. The number of amides is 1. The molecule has 25 heavy (non-hydrogen) atoms. The Kier molecular flexibility index (Phi) is 3.79. The standard InChI is InChI=1S/C17H17N3O5/c1-23-13-8-18-15(19-16(13)21)11-5-3-7-20(11)17(22)10-4-2-6-12-14(10)25-9-24-12/h2,4,6,8,11H,3,5,7,9H2,1H3,(H,18,19,21). The van der Waals surface area contributed by atoms with Crippen LogP contribution in [0.4, 0.5) is 0 Å². The van der Waals surface area contributed by atoms with Gasteiger partial charge in [0.1, 0.15) is 5.82 Å². The number of aromatic amines is 1. The van der Waals surface area contributed by atoms with Gasteiger partial charge in [0.05, 0.1) is 24.9 Å². The number of carbonyl (C=O) groups is 1. The van der Waals surface area contributed by atoms with Crippen LogP contribution < -0.4 is 19.8 Å². The highest BCUT2D eigenvalue weighted by molar-refractivity contribution is 5.98. The first-order valence-corrected chi connectivity index (χ1v) is 8.02. The number of likely N-dealkylation sites (tertiary alicyclic amines) is 1. The van der Waals surface area contributed by atoms with Crippen molar-refractivity contribution in [1.82, 2.24) is 14.9 Å². The smallest absolute Gasteiger partial charge is 0.293 e. The zero-order chi connectivity index (χ0) is 17.4. The van der Waals surface area contributed by atoms with Crippen LogP contribution in [-0.4, -0.2) is 41.2 Å². The molecule has 0 aliphatic carbocycles. The average molecular weight is 343 g/mol. The van der Waals surface area contributed by atoms with Crippen LogP contribution in [0.25, 0.3) is 0 Å². The molecular formula is C17H17N3O5. The number of ether oxygens (including phenoxy) is 3. The maximum Gasteiger partial charge on any atom is 0.293 e. The number of aromatic nitrogens is 2. The molecule has 8 nitrogen and oxygen atoms in total. The molecule has 0 saturated carbocycles. The topological polar surface area (TPSA) is 93.8 Å². The van der Waals surface area contributed by atoms with Gasteiger partial charge in [0, 0.05) is 6.54 Å². The predicted octanol–water partition coefficient (Wildman–Crippen LogP) is 1.48. The van der Waals surface area contributed by atoms with Crippen LogP contribution in [0.1, 0.15) is 35.1 Å². The Bertz CT molecular complexity index is 879. The van der Waals surface area contributed by atoms with Crippen molar-refractivity contribution in [3.8, 4) is 17.2 Å². The van der Waals surface area contributed by atoms with Gasteiger partial charge in [-0.05, 0) is 25.0 Å². The summed E-state index contributed by atoms with van der Waals surface area (Å²) in [6, 6.07) is 4.96. The zero-order valence-corrected chi connectivity index (χ0v) is 13.7. The highest BCUT2D eigenvalue weighted by atomic mass is 16.7. The number of methoxy groups -OCH3 is 1. The number of rotatable bonds is 3. The molecule has 1 N–H and O–H groups in total. The van der Waals surface area contributed by atoms with E-state index in [0.29, 0.717) is 29.4 Å². The van der Waals surface area contributed by atoms with Gasteiger partial charge in [-0.3, -0.25) is 9.59 Å². The number of nitrogens with one attached hydrogen (secondary N) is 1. The summed E-state index contributed by atoms with van der Waals surface area (Å²) in [5, 5.41) is 0. The van der Waals surface area contributed by atoms with Gasteiger partial charge >= 0.3 is 0 Å². The van der Waals surface area contributed by atoms with Crippen LogP contribution in [0, 0.1) is 0 Å². The van der Waals surface area contributed by atoms with E-state index in [1.807, 2.05) is 0 Å². The second kappa shape index (κ2) is 6.12. The quantitative estimate of drug-likeness (QED) is 0.907. The van der Waals surface area contributed by atoms with E-state index in [-0.39, 0.29) is 30.1 Å². The number of carbonyl (C=O) groups excluding carboxylic acids is 1. The lowest BCUT2D eigenvalue weighted by molar-refractivity contribution is 0.0725. The van der Waals surface area contributed by atoms with Crippen molar-refractivity contribution >= 4 is 5.91 Å². The number of nitrogens with zero attached hydrogens (tertiary/aromatic N) is 2. The van der Waals surface area contributed by atoms with Crippen LogP contribution in [0.3, 0.4) is 0 Å². The van der Waals surface area contributed by atoms with Crippen LogP contribution >= 0.6 is 0 Å². The molecule has 1 unspecified atom stereocenters. The van der Waals surface area contributed by atoms with Crippen LogP contribution in [0.2, 0.25) is 0 Å². The van der Waals surface area contributed by atoms with Crippen molar-refractivity contribution in [3.63, 3.8) is 0 Å². The van der Waals surface area contributed by atoms with E-state index in [9.17, 15) is 9.59 Å². The highest BCUT2D eigenvalue weighted by Gasteiger charge is 2.35. The van der Waals surface area contributed by atoms with Gasteiger partial charge in [0.2, 0.25) is 12.5 Å². The van der Waals surface area contributed by atoms with E-state index in [1.165, 1.54) is 13.3 Å². The van der Waals surface area contributed by atoms with Crippen LogP contribution in [-0.2, 0) is 0 Å². The van der Waals surface area contributed by atoms with Gasteiger partial charge in [-0.15, -0.1) is 0 Å². The molecule has 2 aliphatic rings. The molecule has 1 fully saturated rings. The molecule has 0 spiro atoms. The minimum absolute atomic E-state index is 0.108. The highest BCUT2D eigenvalue weighted by Crippen LogP contribution is 2.38. The van der Waals surface area contributed by atoms with E-state index in [0.717, 1.165) is 12.8 Å². The largest absolute Gasteiger partial charge is 0.490 e. The number of fused-ring (bicyclic) bond motifs is 1. The molecule has 1 amide bonds. The maximum absolute atomic E-state index is 13.0. The van der Waals surface area contributed by atoms with Crippen LogP contribution in [0.15, 0.2) is 29.2 Å². The van der Waals surface area contributed by atoms with E-state index in [1.54, 1.807) is 23.1 Å². The maximum atomic E-state index is 13.0. The second-order valence-corrected chi connectivity index (χ2v) is 5.86. The summed E-state index contributed by atoms with van der Waals surface area (Å²) in [7, 11) is 1.41. The minimum Gasteiger partial charge on any atom is -0.490 e. The molecule has 130 valence electrons. The van der Waals surface area contributed by atoms with Gasteiger partial charge in [-0.25, -0.2) is 4.98 Å². The first-order chi connectivity index (χ1) is 12.2. The number of para-hydroxylation sites is 1. The Labute approximate surface area is 143 Å². The Morgan fingerprint density at radius 1 is 1.40 bits per heavy atom. The number of hydrogen-bond acceptors (Lipinski definition) is 6. The van der Waals surface area contributed by atoms with E-state index >= 15 is 0 Å². The normalized spacial score (nSPS) is 18.4. The molecule has 2 aromatic rings. The Morgan fingerprint density at radius 2 is 2.28 bits per heavy atom. The molecule has 1 aromatic heterocycles. The van der Waals surface area contributed by atoms with Crippen molar-refractivity contribution in [2.75, 3.05) is 20.4 Å². The third kappa shape index (κ3) is 2.59. The summed E-state index contributed by atoms with van der Waals surface area (Å²) in [6.45, 7) is 0.695. The second-order valence-electron chi connectivity index (χ2n) is 5.86. The molecular weight excluding hydrogens is 326 g/mol. The molecule has 3 heterocycles. The minimum atomic E-state index is -0.357. The third-order valence-electron chi connectivity index (χ3n) is 4.46. The molecule has 4 rings (SSSR count). The van der Waals surface area contributed by atoms with Crippen molar-refractivity contribution in [1.29, 1.82) is 0 Å². The molecule has 8 heteroatoms. The summed E-state index contributed by atoms with van der Waals surface area (Å²) >= 11 is 0. The lowest BCUT2D eigenvalue weighted by Gasteiger charge is -2.24. The Morgan fingerprint density at radius 3 is 3.08 bits per heavy atom. The van der Waals surface area contributed by atoms with Gasteiger partial charge < -0.3 is 24.1 Å². The number of benzene rings is 1. The summed E-state index contributed by atoms with van der Waals surface area (Å²) in [5.74, 6) is 1.47. The molecule has 1 aromatic carbocycles. The lowest BCUT2D eigenvalue weighted by atomic mass is 10.1. The summed E-state index contributed by atoms with van der Waals surface area (Å²) in [6.07, 6.45) is 2.94. The SMILES string of the molecule is COc1cnc(C2CCCN2C(=O)c2cccc3c2OCO3)[nH]c1=O. The first-order valence-electron chi connectivity index (χ1n) is 8.02. The first kappa shape index (κ1) is 15.5. The Hall–Kier alpha value is -3.03. The fraction of sp³-hybridized carbons (Fsp3) is 0.353. The molecule has 1 atom stereocenters. The third-order valence-corrected chi connectivity index (χ3v) is 4.46. The lowest BCUT2D eigenvalue weighted by Crippen LogP contribution is -2.32. The summed E-state index contributed by atoms with van der Waals surface area (Å²) < 4.78 is 15.7. The fourth-order valence-electron chi connectivity index (χ4n) is 3.26. The molecule has 2 aliphatic heterocycles. The van der Waals surface area contributed by atoms with Crippen molar-refractivity contribution < 1.29 is 19.0 Å². The van der Waals surface area contributed by atoms with Gasteiger partial charge in [0.25, 0.3) is 11.5 Å². The number of hydrogen-bond donors (Lipinski definition) is 1. The molecule has 0 bridgehead atoms. The average Bonchev–Trinajstić information content (AvgIpc) is 3.29. The van der Waals surface area contributed by atoms with E-state index in [4.69, 9.17) is 14.2 Å². The zero-order valence-electron chi connectivity index (χ0n) is 13.7. The van der Waals surface area contributed by atoms with Crippen molar-refractivity contribution in [2.24, 2.45) is 0 Å². The van der Waals surface area contributed by atoms with Crippen molar-refractivity contribution in [2.45, 2.75) is 18.9 Å². The molecule has 0 radical (unpaired) electrons. The monoisotopic (exact) mass is 343 g/mol. The van der Waals surface area contributed by atoms with E-state index < -0.39 is 0 Å². The van der Waals surface area contributed by atoms with Gasteiger partial charge in [-0.2, -0.15) is 0 Å². The van der Waals surface area contributed by atoms with E-state index in [2.05, 4.69) is 9.97 Å². The molecule has 1 saturated heterocycles. The predicted molar refractivity (Wildman–Crippen MR) is 87.0 cm³/mol.